The van der Waals surface area contributed by atoms with Gasteiger partial charge in [0.2, 0.25) is 0 Å². The van der Waals surface area contributed by atoms with Crippen LogP contribution in [0.15, 0.2) is 42.9 Å². The van der Waals surface area contributed by atoms with Crippen molar-refractivity contribution in [2.75, 3.05) is 26.0 Å². The van der Waals surface area contributed by atoms with Gasteiger partial charge >= 0.3 is 0 Å². The van der Waals surface area contributed by atoms with Crippen LogP contribution in [0.3, 0.4) is 0 Å². The van der Waals surface area contributed by atoms with Crippen molar-refractivity contribution >= 4 is 5.82 Å². The summed E-state index contributed by atoms with van der Waals surface area (Å²) in [4.78, 5) is 9.11. The molecule has 7 heteroatoms. The van der Waals surface area contributed by atoms with Gasteiger partial charge in [-0.25, -0.2) is 9.55 Å². The molecule has 164 valence electrons. The number of aryl methyl sites for hydroxylation is 1. The largest absolute Gasteiger partial charge is 0.489 e. The van der Waals surface area contributed by atoms with Gasteiger partial charge in [0.15, 0.2) is 29.7 Å². The Bertz CT molecular complexity index is 1070. The van der Waals surface area contributed by atoms with Gasteiger partial charge in [0.25, 0.3) is 5.88 Å². The van der Waals surface area contributed by atoms with E-state index in [4.69, 9.17) is 9.47 Å². The number of nitrogens with zero attached hydrogens (tertiary/aromatic N) is 3. The molecule has 0 aliphatic rings. The molecule has 0 bridgehead atoms. The SMILES string of the molecule is CCCC(CNc1ncc(C#Cc2ccc[n+](C)c2)nc1Oc1c#cc(OC)cc1)NC. The highest BCUT2D eigenvalue weighted by atomic mass is 16.5. The Morgan fingerprint density at radius 1 is 1.19 bits per heavy atom. The van der Waals surface area contributed by atoms with Gasteiger partial charge in [-0.15, -0.1) is 0 Å². The van der Waals surface area contributed by atoms with E-state index in [1.165, 1.54) is 0 Å². The van der Waals surface area contributed by atoms with Crippen LogP contribution in [0.25, 0.3) is 0 Å². The molecule has 32 heavy (non-hydrogen) atoms. The Hall–Kier alpha value is -3.81. The molecule has 1 atom stereocenters. The van der Waals surface area contributed by atoms with Crippen LogP contribution in [0.2, 0.25) is 0 Å². The normalized spacial score (nSPS) is 11.0. The van der Waals surface area contributed by atoms with E-state index in [1.54, 1.807) is 25.4 Å². The fourth-order valence-corrected chi connectivity index (χ4v) is 2.98. The van der Waals surface area contributed by atoms with Crippen LogP contribution in [0, 0.1) is 24.0 Å². The summed E-state index contributed by atoms with van der Waals surface area (Å²) >= 11 is 0. The zero-order valence-electron chi connectivity index (χ0n) is 18.9. The van der Waals surface area contributed by atoms with Gasteiger partial charge in [-0.3, -0.25) is 0 Å². The summed E-state index contributed by atoms with van der Waals surface area (Å²) in [6, 6.07) is 13.5. The van der Waals surface area contributed by atoms with E-state index in [-0.39, 0.29) is 0 Å². The molecule has 0 aliphatic heterocycles. The lowest BCUT2D eigenvalue weighted by Gasteiger charge is -2.17. The molecular formula is C25H28N5O2+. The van der Waals surface area contributed by atoms with E-state index in [2.05, 4.69) is 51.5 Å². The third-order valence-corrected chi connectivity index (χ3v) is 4.70. The molecule has 2 heterocycles. The minimum atomic E-state index is 0.314. The predicted octanol–water partition coefficient (Wildman–Crippen LogP) is 2.90. The number of hydrogen-bond acceptors (Lipinski definition) is 6. The van der Waals surface area contributed by atoms with Gasteiger partial charge in [-0.1, -0.05) is 19.3 Å². The fraction of sp³-hybridized carbons (Fsp3) is 0.320. The minimum absolute atomic E-state index is 0.314. The second-order valence-electron chi connectivity index (χ2n) is 7.19. The van der Waals surface area contributed by atoms with Crippen LogP contribution in [0.5, 0.6) is 17.4 Å². The van der Waals surface area contributed by atoms with Gasteiger partial charge in [0.05, 0.1) is 18.9 Å². The monoisotopic (exact) mass is 430 g/mol. The Labute approximate surface area is 189 Å². The van der Waals surface area contributed by atoms with Crippen LogP contribution in [-0.4, -0.2) is 36.7 Å². The topological polar surface area (TPSA) is 72.2 Å². The first-order chi connectivity index (χ1) is 15.6. The summed E-state index contributed by atoms with van der Waals surface area (Å²) < 4.78 is 13.1. The molecule has 0 fully saturated rings. The Morgan fingerprint density at radius 3 is 2.69 bits per heavy atom. The minimum Gasteiger partial charge on any atom is -0.489 e. The highest BCUT2D eigenvalue weighted by molar-refractivity contribution is 5.50. The van der Waals surface area contributed by atoms with Gasteiger partial charge in [0.1, 0.15) is 12.7 Å². The third-order valence-electron chi connectivity index (χ3n) is 4.70. The van der Waals surface area contributed by atoms with Crippen LogP contribution in [-0.2, 0) is 7.05 Å². The zero-order chi connectivity index (χ0) is 22.8. The molecular weight excluding hydrogens is 402 g/mol. The molecule has 7 nitrogen and oxygen atoms in total. The number of nitrogens with one attached hydrogen (secondary N) is 2. The number of methoxy groups -OCH3 is 1. The Kier molecular flexibility index (Phi) is 8.25. The molecule has 2 N–H and O–H groups in total. The average molecular weight is 431 g/mol. The predicted molar refractivity (Wildman–Crippen MR) is 123 cm³/mol. The smallest absolute Gasteiger partial charge is 0.264 e. The van der Waals surface area contributed by atoms with Crippen molar-refractivity contribution in [2.24, 2.45) is 7.05 Å². The number of rotatable bonds is 9. The number of aromatic nitrogens is 3. The van der Waals surface area contributed by atoms with Crippen LogP contribution >= 0.6 is 0 Å². The summed E-state index contributed by atoms with van der Waals surface area (Å²) in [7, 11) is 5.49. The third kappa shape index (κ3) is 6.60. The lowest BCUT2D eigenvalue weighted by Crippen LogP contribution is -2.32. The molecule has 0 saturated carbocycles. The standard InChI is InChI=1S/C25H28N5O2/c1-5-7-20(26-2)16-27-24-25(32-23-13-11-22(31-4)12-14-23)29-21(17-28-24)10-9-19-8-6-15-30(3)18-19/h6,8,11,13,15,17-18,20,26H,5,7,16H2,1-4H3,(H,27,28)/q+1. The first-order valence-electron chi connectivity index (χ1n) is 10.5. The quantitative estimate of drug-likeness (QED) is 0.402. The Morgan fingerprint density at radius 2 is 2.00 bits per heavy atom. The molecule has 1 unspecified atom stereocenters. The van der Waals surface area contributed by atoms with Crippen LogP contribution in [0.1, 0.15) is 31.0 Å². The molecule has 0 spiro atoms. The van der Waals surface area contributed by atoms with Gasteiger partial charge in [-0.2, -0.15) is 4.98 Å². The molecule has 0 saturated heterocycles. The summed E-state index contributed by atoms with van der Waals surface area (Å²) in [5.74, 6) is 8.09. The molecule has 0 amide bonds. The number of ether oxygens (including phenoxy) is 2. The Balaban J connectivity index is 1.86. The summed E-state index contributed by atoms with van der Waals surface area (Å²) in [5, 5.41) is 6.65. The molecule has 0 radical (unpaired) electrons. The molecule has 1 aromatic carbocycles. The van der Waals surface area contributed by atoms with E-state index in [0.29, 0.717) is 41.5 Å². The number of likely N-dealkylation sites (N-methyl/N-ethyl adjacent to an activating group) is 1. The summed E-state index contributed by atoms with van der Waals surface area (Å²) in [6.07, 6.45) is 7.68. The first-order valence-corrected chi connectivity index (χ1v) is 10.5. The summed E-state index contributed by atoms with van der Waals surface area (Å²) in [6.45, 7) is 2.86. The summed E-state index contributed by atoms with van der Waals surface area (Å²) in [5.41, 5.74) is 1.39. The first kappa shape index (κ1) is 22.9. The lowest BCUT2D eigenvalue weighted by atomic mass is 10.2. The maximum absolute atomic E-state index is 5.98. The van der Waals surface area contributed by atoms with Crippen LogP contribution in [0.4, 0.5) is 5.82 Å². The van der Waals surface area contributed by atoms with Crippen molar-refractivity contribution in [1.82, 2.24) is 15.3 Å². The fourth-order valence-electron chi connectivity index (χ4n) is 2.98. The number of anilines is 1. The van der Waals surface area contributed by atoms with E-state index >= 15 is 0 Å². The maximum Gasteiger partial charge on any atom is 0.264 e. The highest BCUT2D eigenvalue weighted by Crippen LogP contribution is 2.25. The van der Waals surface area contributed by atoms with Crippen molar-refractivity contribution < 1.29 is 14.0 Å². The van der Waals surface area contributed by atoms with Crippen molar-refractivity contribution in [1.29, 1.82) is 0 Å². The molecule has 3 aromatic rings. The van der Waals surface area contributed by atoms with Crippen molar-refractivity contribution in [3.63, 3.8) is 0 Å². The second kappa shape index (κ2) is 11.5. The van der Waals surface area contributed by atoms with Gasteiger partial charge in [0, 0.05) is 18.7 Å². The number of hydrogen-bond donors (Lipinski definition) is 2. The molecule has 3 rings (SSSR count). The van der Waals surface area contributed by atoms with E-state index in [9.17, 15) is 0 Å². The lowest BCUT2D eigenvalue weighted by molar-refractivity contribution is -0.671. The van der Waals surface area contributed by atoms with E-state index in [1.807, 2.05) is 43.2 Å². The highest BCUT2D eigenvalue weighted by Gasteiger charge is 2.12. The van der Waals surface area contributed by atoms with Crippen molar-refractivity contribution in [2.45, 2.75) is 25.8 Å². The zero-order valence-corrected chi connectivity index (χ0v) is 18.9. The average Bonchev–Trinajstić information content (AvgIpc) is 2.82. The molecule has 2 aromatic heterocycles. The second-order valence-corrected chi connectivity index (χ2v) is 7.19. The molecule has 0 aliphatic carbocycles. The van der Waals surface area contributed by atoms with Crippen molar-refractivity contribution in [3.8, 4) is 29.2 Å². The van der Waals surface area contributed by atoms with Crippen LogP contribution < -0.4 is 24.7 Å². The number of pyridine rings is 1. The van der Waals surface area contributed by atoms with Gasteiger partial charge in [-0.05, 0) is 49.7 Å². The van der Waals surface area contributed by atoms with Crippen molar-refractivity contribution in [3.05, 3.63) is 66.2 Å². The van der Waals surface area contributed by atoms with E-state index < -0.39 is 0 Å². The van der Waals surface area contributed by atoms with E-state index in [0.717, 1.165) is 18.4 Å². The maximum atomic E-state index is 5.98. The van der Waals surface area contributed by atoms with Gasteiger partial charge < -0.3 is 20.1 Å².